The molecule has 0 aliphatic heterocycles. The van der Waals surface area contributed by atoms with Crippen LogP contribution in [0.4, 0.5) is 0 Å². The third-order valence-electron chi connectivity index (χ3n) is 4.61. The smallest absolute Gasteiger partial charge is 0.0409 e. The fourth-order valence-corrected chi connectivity index (χ4v) is 3.80. The highest BCUT2D eigenvalue weighted by molar-refractivity contribution is 6.30. The summed E-state index contributed by atoms with van der Waals surface area (Å²) in [4.78, 5) is 4.60. The fraction of sp³-hybridized carbons (Fsp3) is 0.250. The predicted octanol–water partition coefficient (Wildman–Crippen LogP) is 6.26. The second kappa shape index (κ2) is 10.1. The highest BCUT2D eigenvalue weighted by Gasteiger charge is 2.05. The van der Waals surface area contributed by atoms with Crippen molar-refractivity contribution in [2.45, 2.75) is 26.2 Å². The Kier molecular flexibility index (Phi) is 7.52. The molecule has 0 heterocycles. The topological polar surface area (TPSA) is 6.48 Å². The molecule has 28 heavy (non-hydrogen) atoms. The van der Waals surface area contributed by atoms with Gasteiger partial charge in [-0.05, 0) is 60.6 Å². The van der Waals surface area contributed by atoms with Crippen LogP contribution in [0.15, 0.2) is 72.8 Å². The monoisotopic (exact) mass is 412 g/mol. The van der Waals surface area contributed by atoms with Gasteiger partial charge in [0.25, 0.3) is 0 Å². The number of hydrogen-bond donors (Lipinski definition) is 0. The molecule has 0 unspecified atom stereocenters. The normalized spacial score (nSPS) is 11.4. The van der Waals surface area contributed by atoms with Crippen LogP contribution in [0.3, 0.4) is 0 Å². The maximum atomic E-state index is 6.08. The van der Waals surface area contributed by atoms with Gasteiger partial charge in [-0.2, -0.15) is 0 Å². The van der Waals surface area contributed by atoms with Gasteiger partial charge in [0, 0.05) is 36.2 Å². The van der Waals surface area contributed by atoms with Crippen molar-refractivity contribution in [1.82, 2.24) is 9.80 Å². The molecule has 3 aromatic carbocycles. The van der Waals surface area contributed by atoms with Gasteiger partial charge in [-0.25, -0.2) is 0 Å². The van der Waals surface area contributed by atoms with Gasteiger partial charge < -0.3 is 0 Å². The molecule has 0 atom stereocenters. The Morgan fingerprint density at radius 1 is 0.536 bits per heavy atom. The lowest BCUT2D eigenvalue weighted by Gasteiger charge is -2.19. The Morgan fingerprint density at radius 3 is 1.25 bits per heavy atom. The van der Waals surface area contributed by atoms with Crippen LogP contribution >= 0.6 is 23.2 Å². The van der Waals surface area contributed by atoms with Gasteiger partial charge in [-0.15, -0.1) is 0 Å². The molecule has 3 aromatic rings. The first-order valence-electron chi connectivity index (χ1n) is 9.42. The van der Waals surface area contributed by atoms with Crippen LogP contribution < -0.4 is 0 Å². The number of benzene rings is 3. The maximum Gasteiger partial charge on any atom is 0.0409 e. The molecule has 0 fully saturated rings. The fourth-order valence-electron chi connectivity index (χ4n) is 3.38. The van der Waals surface area contributed by atoms with E-state index in [-0.39, 0.29) is 0 Å². The highest BCUT2D eigenvalue weighted by Crippen LogP contribution is 2.16. The molecule has 2 nitrogen and oxygen atoms in total. The van der Waals surface area contributed by atoms with Crippen molar-refractivity contribution in [3.05, 3.63) is 105 Å². The minimum absolute atomic E-state index is 0.789. The van der Waals surface area contributed by atoms with Crippen LogP contribution in [0.5, 0.6) is 0 Å². The van der Waals surface area contributed by atoms with Gasteiger partial charge in [-0.3, -0.25) is 9.80 Å². The van der Waals surface area contributed by atoms with E-state index in [1.54, 1.807) is 0 Å². The second-order valence-corrected chi connectivity index (χ2v) is 8.29. The quantitative estimate of drug-likeness (QED) is 0.430. The summed E-state index contributed by atoms with van der Waals surface area (Å²) in [5.41, 5.74) is 5.08. The number of nitrogens with zero attached hydrogens (tertiary/aromatic N) is 2. The van der Waals surface area contributed by atoms with E-state index in [1.165, 1.54) is 22.3 Å². The zero-order chi connectivity index (χ0) is 19.9. The molecule has 0 amide bonds. The van der Waals surface area contributed by atoms with Gasteiger partial charge in [0.05, 0.1) is 0 Å². The Hall–Kier alpha value is -1.84. The molecule has 146 valence electrons. The van der Waals surface area contributed by atoms with Gasteiger partial charge >= 0.3 is 0 Å². The molecule has 0 N–H and O–H groups in total. The van der Waals surface area contributed by atoms with Crippen LogP contribution in [0, 0.1) is 0 Å². The molecular weight excluding hydrogens is 387 g/mol. The van der Waals surface area contributed by atoms with Crippen LogP contribution in [0.1, 0.15) is 22.3 Å². The van der Waals surface area contributed by atoms with Crippen molar-refractivity contribution in [3.63, 3.8) is 0 Å². The van der Waals surface area contributed by atoms with Crippen molar-refractivity contribution in [2.75, 3.05) is 14.1 Å². The third-order valence-corrected chi connectivity index (χ3v) is 5.08. The lowest BCUT2D eigenvalue weighted by molar-refractivity contribution is 0.316. The Labute approximate surface area is 178 Å². The molecule has 0 spiro atoms. The van der Waals surface area contributed by atoms with Crippen molar-refractivity contribution in [2.24, 2.45) is 0 Å². The van der Waals surface area contributed by atoms with E-state index in [0.717, 1.165) is 36.2 Å². The Balaban J connectivity index is 1.51. The zero-order valence-corrected chi connectivity index (χ0v) is 17.9. The van der Waals surface area contributed by atoms with Gasteiger partial charge in [0.15, 0.2) is 0 Å². The van der Waals surface area contributed by atoms with Crippen LogP contribution in [-0.4, -0.2) is 23.9 Å². The van der Waals surface area contributed by atoms with E-state index >= 15 is 0 Å². The first-order valence-corrected chi connectivity index (χ1v) is 10.2. The van der Waals surface area contributed by atoms with Crippen molar-refractivity contribution in [3.8, 4) is 0 Å². The molecule has 0 aliphatic carbocycles. The summed E-state index contributed by atoms with van der Waals surface area (Å²) < 4.78 is 0. The summed E-state index contributed by atoms with van der Waals surface area (Å²) in [7, 11) is 4.27. The second-order valence-electron chi connectivity index (χ2n) is 7.42. The maximum absolute atomic E-state index is 6.08. The van der Waals surface area contributed by atoms with Gasteiger partial charge in [-0.1, -0.05) is 71.7 Å². The molecule has 0 aromatic heterocycles. The number of rotatable bonds is 8. The first-order chi connectivity index (χ1) is 13.5. The third kappa shape index (κ3) is 6.65. The summed E-state index contributed by atoms with van der Waals surface area (Å²) in [5.74, 6) is 0. The molecule has 0 radical (unpaired) electrons. The molecule has 0 aliphatic rings. The van der Waals surface area contributed by atoms with Crippen LogP contribution in [0.25, 0.3) is 0 Å². The van der Waals surface area contributed by atoms with E-state index in [9.17, 15) is 0 Å². The van der Waals surface area contributed by atoms with Gasteiger partial charge in [0.2, 0.25) is 0 Å². The molecule has 3 rings (SSSR count). The minimum Gasteiger partial charge on any atom is -0.298 e. The van der Waals surface area contributed by atoms with E-state index in [1.807, 2.05) is 36.4 Å². The average molecular weight is 413 g/mol. The molecule has 0 bridgehead atoms. The van der Waals surface area contributed by atoms with E-state index in [2.05, 4.69) is 60.3 Å². The molecular formula is C24H26Cl2N2. The van der Waals surface area contributed by atoms with Crippen molar-refractivity contribution >= 4 is 23.2 Å². The minimum atomic E-state index is 0.789. The van der Waals surface area contributed by atoms with Crippen LogP contribution in [0.2, 0.25) is 10.0 Å². The van der Waals surface area contributed by atoms with Gasteiger partial charge in [0.1, 0.15) is 0 Å². The lowest BCUT2D eigenvalue weighted by Crippen LogP contribution is -2.18. The average Bonchev–Trinajstić information content (AvgIpc) is 2.63. The summed E-state index contributed by atoms with van der Waals surface area (Å²) in [6.45, 7) is 3.58. The summed E-state index contributed by atoms with van der Waals surface area (Å²) in [6, 6.07) is 25.0. The zero-order valence-electron chi connectivity index (χ0n) is 16.4. The number of hydrogen-bond acceptors (Lipinski definition) is 2. The van der Waals surface area contributed by atoms with E-state index < -0.39 is 0 Å². The molecule has 4 heteroatoms. The SMILES string of the molecule is CN(Cc1ccc(CN(C)Cc2cccc(Cl)c2)cc1)Cc1cccc(Cl)c1. The Morgan fingerprint density at radius 2 is 0.893 bits per heavy atom. The summed E-state index contributed by atoms with van der Waals surface area (Å²) in [5, 5.41) is 1.58. The van der Waals surface area contributed by atoms with Crippen LogP contribution in [-0.2, 0) is 26.2 Å². The Bertz CT molecular complexity index is 819. The lowest BCUT2D eigenvalue weighted by atomic mass is 10.1. The standard InChI is InChI=1S/C24H26Cl2N2/c1-27(17-21-5-3-7-23(25)13-21)15-19-9-11-20(12-10-19)16-28(2)18-22-6-4-8-24(26)14-22/h3-14H,15-18H2,1-2H3. The van der Waals surface area contributed by atoms with Crippen molar-refractivity contribution < 1.29 is 0 Å². The highest BCUT2D eigenvalue weighted by atomic mass is 35.5. The first kappa shape index (κ1) is 20.9. The summed E-state index contributed by atoms with van der Waals surface area (Å²) >= 11 is 12.2. The summed E-state index contributed by atoms with van der Waals surface area (Å²) in [6.07, 6.45) is 0. The van der Waals surface area contributed by atoms with Crippen molar-refractivity contribution in [1.29, 1.82) is 0 Å². The number of halogens is 2. The largest absolute Gasteiger partial charge is 0.298 e. The molecule has 0 saturated carbocycles. The molecule has 0 saturated heterocycles. The van der Waals surface area contributed by atoms with E-state index in [0.29, 0.717) is 0 Å². The van der Waals surface area contributed by atoms with E-state index in [4.69, 9.17) is 23.2 Å². The predicted molar refractivity (Wildman–Crippen MR) is 120 cm³/mol.